The second-order valence-corrected chi connectivity index (χ2v) is 5.53. The Labute approximate surface area is 132 Å². The van der Waals surface area contributed by atoms with Gasteiger partial charge < -0.3 is 5.73 Å². The van der Waals surface area contributed by atoms with E-state index in [0.717, 1.165) is 32.0 Å². The molecule has 0 saturated carbocycles. The van der Waals surface area contributed by atoms with Crippen LogP contribution in [0.1, 0.15) is 19.4 Å². The van der Waals surface area contributed by atoms with E-state index in [1.165, 1.54) is 17.4 Å². The number of thiazole rings is 1. The fourth-order valence-electron chi connectivity index (χ4n) is 1.96. The minimum atomic E-state index is -0.397. The lowest BCUT2D eigenvalue weighted by molar-refractivity contribution is -0.384. The summed E-state index contributed by atoms with van der Waals surface area (Å²) in [6, 6.07) is 10.4. The minimum Gasteiger partial charge on any atom is -0.399 e. The molecule has 3 aromatic rings. The first kappa shape index (κ1) is 15.9. The van der Waals surface area contributed by atoms with Crippen LogP contribution in [0.15, 0.2) is 36.4 Å². The van der Waals surface area contributed by atoms with E-state index < -0.39 is 4.92 Å². The third kappa shape index (κ3) is 3.07. The maximum Gasteiger partial charge on any atom is 0.270 e. The van der Waals surface area contributed by atoms with Crippen LogP contribution in [0.25, 0.3) is 20.8 Å². The van der Waals surface area contributed by atoms with Crippen molar-refractivity contribution in [1.29, 1.82) is 0 Å². The van der Waals surface area contributed by atoms with Crippen LogP contribution >= 0.6 is 11.3 Å². The van der Waals surface area contributed by atoms with Crippen LogP contribution in [0.4, 0.5) is 11.4 Å². The summed E-state index contributed by atoms with van der Waals surface area (Å²) < 4.78 is 0.809. The molecule has 2 aromatic carbocycles. The van der Waals surface area contributed by atoms with Gasteiger partial charge in [0.2, 0.25) is 0 Å². The van der Waals surface area contributed by atoms with Gasteiger partial charge in [-0.15, -0.1) is 11.3 Å². The number of aryl methyl sites for hydroxylation is 1. The summed E-state index contributed by atoms with van der Waals surface area (Å²) in [7, 11) is 0. The maximum absolute atomic E-state index is 10.8. The molecular weight excluding hydrogens is 298 g/mol. The normalized spacial score (nSPS) is 10.1. The molecule has 3 rings (SSSR count). The number of nitrogen functional groups attached to an aromatic ring is 1. The van der Waals surface area contributed by atoms with Crippen LogP contribution in [-0.4, -0.2) is 9.91 Å². The van der Waals surface area contributed by atoms with Crippen LogP contribution in [0.5, 0.6) is 0 Å². The van der Waals surface area contributed by atoms with Crippen molar-refractivity contribution in [2.24, 2.45) is 0 Å². The summed E-state index contributed by atoms with van der Waals surface area (Å²) in [5, 5.41) is 11.6. The van der Waals surface area contributed by atoms with Crippen molar-refractivity contribution in [2.75, 3.05) is 5.73 Å². The van der Waals surface area contributed by atoms with Gasteiger partial charge in [-0.3, -0.25) is 10.1 Å². The fourth-order valence-corrected chi connectivity index (χ4v) is 2.95. The lowest BCUT2D eigenvalue weighted by Gasteiger charge is -2.01. The van der Waals surface area contributed by atoms with Crippen LogP contribution in [-0.2, 0) is 0 Å². The topological polar surface area (TPSA) is 82.0 Å². The van der Waals surface area contributed by atoms with Crippen LogP contribution in [0.2, 0.25) is 0 Å². The maximum atomic E-state index is 10.8. The van der Waals surface area contributed by atoms with E-state index in [-0.39, 0.29) is 5.69 Å². The summed E-state index contributed by atoms with van der Waals surface area (Å²) in [5.74, 6) is 0. The Morgan fingerprint density at radius 1 is 1.18 bits per heavy atom. The second-order valence-electron chi connectivity index (χ2n) is 4.50. The smallest absolute Gasteiger partial charge is 0.270 e. The number of nitrogens with two attached hydrogens (primary N) is 1. The SMILES string of the molecule is CC.Cc1cc(-c2nc3ccc([N+](=O)[O-])cc3s2)ccc1N. The third-order valence-electron chi connectivity index (χ3n) is 3.10. The average Bonchev–Trinajstić information content (AvgIpc) is 2.95. The van der Waals surface area contributed by atoms with Gasteiger partial charge in [0.25, 0.3) is 5.69 Å². The summed E-state index contributed by atoms with van der Waals surface area (Å²) in [6.07, 6.45) is 0. The number of fused-ring (bicyclic) bond motifs is 1. The Morgan fingerprint density at radius 3 is 2.55 bits per heavy atom. The van der Waals surface area contributed by atoms with Crippen LogP contribution < -0.4 is 5.73 Å². The van der Waals surface area contributed by atoms with E-state index in [4.69, 9.17) is 5.73 Å². The van der Waals surface area contributed by atoms with Gasteiger partial charge in [-0.1, -0.05) is 13.8 Å². The number of hydrogen-bond donors (Lipinski definition) is 1. The molecule has 0 unspecified atom stereocenters. The number of non-ortho nitro benzene ring substituents is 1. The second kappa shape index (κ2) is 6.53. The molecule has 1 heterocycles. The quantitative estimate of drug-likeness (QED) is 0.419. The molecule has 0 fully saturated rings. The van der Waals surface area contributed by atoms with E-state index in [1.807, 2.05) is 39.0 Å². The van der Waals surface area contributed by atoms with E-state index in [1.54, 1.807) is 12.1 Å². The monoisotopic (exact) mass is 315 g/mol. The number of aromatic nitrogens is 1. The van der Waals surface area contributed by atoms with Crippen molar-refractivity contribution in [3.05, 3.63) is 52.1 Å². The fraction of sp³-hybridized carbons (Fsp3) is 0.188. The molecule has 0 amide bonds. The van der Waals surface area contributed by atoms with Crippen LogP contribution in [0, 0.1) is 17.0 Å². The molecule has 114 valence electrons. The molecule has 2 N–H and O–H groups in total. The zero-order valence-electron chi connectivity index (χ0n) is 12.7. The van der Waals surface area contributed by atoms with E-state index in [2.05, 4.69) is 4.98 Å². The van der Waals surface area contributed by atoms with Crippen molar-refractivity contribution in [3.8, 4) is 10.6 Å². The number of benzene rings is 2. The molecule has 0 aliphatic rings. The van der Waals surface area contributed by atoms with Gasteiger partial charge in [-0.2, -0.15) is 0 Å². The van der Waals surface area contributed by atoms with Crippen molar-refractivity contribution in [2.45, 2.75) is 20.8 Å². The summed E-state index contributed by atoms with van der Waals surface area (Å²) >= 11 is 1.44. The highest BCUT2D eigenvalue weighted by Crippen LogP contribution is 2.33. The van der Waals surface area contributed by atoms with Crippen molar-refractivity contribution in [3.63, 3.8) is 0 Å². The van der Waals surface area contributed by atoms with Gasteiger partial charge in [0.1, 0.15) is 5.01 Å². The molecule has 0 radical (unpaired) electrons. The molecule has 6 heteroatoms. The highest BCUT2D eigenvalue weighted by atomic mass is 32.1. The molecule has 0 aliphatic heterocycles. The molecule has 0 bridgehead atoms. The van der Waals surface area contributed by atoms with E-state index >= 15 is 0 Å². The molecule has 22 heavy (non-hydrogen) atoms. The lowest BCUT2D eigenvalue weighted by atomic mass is 10.1. The first-order valence-electron chi connectivity index (χ1n) is 6.96. The lowest BCUT2D eigenvalue weighted by Crippen LogP contribution is -1.89. The Morgan fingerprint density at radius 2 is 1.91 bits per heavy atom. The molecule has 0 spiro atoms. The van der Waals surface area contributed by atoms with Crippen molar-refractivity contribution in [1.82, 2.24) is 4.98 Å². The summed E-state index contributed by atoms with van der Waals surface area (Å²) in [6.45, 7) is 5.94. The Hall–Kier alpha value is -2.47. The largest absolute Gasteiger partial charge is 0.399 e. The van der Waals surface area contributed by atoms with Gasteiger partial charge in [-0.25, -0.2) is 4.98 Å². The molecule has 0 atom stereocenters. The molecule has 1 aromatic heterocycles. The number of nitro groups is 1. The third-order valence-corrected chi connectivity index (χ3v) is 4.17. The minimum absolute atomic E-state index is 0.0844. The van der Waals surface area contributed by atoms with Gasteiger partial charge in [-0.05, 0) is 36.8 Å². The van der Waals surface area contributed by atoms with Crippen molar-refractivity contribution >= 4 is 32.9 Å². The zero-order chi connectivity index (χ0) is 16.3. The van der Waals surface area contributed by atoms with Crippen LogP contribution in [0.3, 0.4) is 0 Å². The van der Waals surface area contributed by atoms with Gasteiger partial charge in [0, 0.05) is 23.4 Å². The average molecular weight is 315 g/mol. The Kier molecular flexibility index (Phi) is 4.72. The highest BCUT2D eigenvalue weighted by Gasteiger charge is 2.11. The first-order valence-corrected chi connectivity index (χ1v) is 7.78. The molecular formula is C16H17N3O2S. The van der Waals surface area contributed by atoms with Crippen molar-refractivity contribution < 1.29 is 4.92 Å². The zero-order valence-corrected chi connectivity index (χ0v) is 13.5. The van der Waals surface area contributed by atoms with E-state index in [9.17, 15) is 10.1 Å². The van der Waals surface area contributed by atoms with Gasteiger partial charge >= 0.3 is 0 Å². The molecule has 5 nitrogen and oxygen atoms in total. The number of nitrogens with zero attached hydrogens (tertiary/aromatic N) is 2. The summed E-state index contributed by atoms with van der Waals surface area (Å²) in [4.78, 5) is 14.9. The number of anilines is 1. The molecule has 0 aliphatic carbocycles. The predicted octanol–water partition coefficient (Wildman–Crippen LogP) is 4.79. The Bertz CT molecular complexity index is 827. The highest BCUT2D eigenvalue weighted by molar-refractivity contribution is 7.21. The Balaban J connectivity index is 0.000000847. The van der Waals surface area contributed by atoms with Gasteiger partial charge in [0.15, 0.2) is 0 Å². The predicted molar refractivity (Wildman–Crippen MR) is 92.2 cm³/mol. The number of hydrogen-bond acceptors (Lipinski definition) is 5. The number of nitro benzene ring substituents is 1. The first-order chi connectivity index (χ1) is 10.5. The van der Waals surface area contributed by atoms with E-state index in [0.29, 0.717) is 0 Å². The molecule has 0 saturated heterocycles. The number of rotatable bonds is 2. The summed E-state index contributed by atoms with van der Waals surface area (Å²) in [5.41, 5.74) is 9.36. The van der Waals surface area contributed by atoms with Gasteiger partial charge in [0.05, 0.1) is 15.1 Å². The standard InChI is InChI=1S/C14H11N3O2S.C2H6/c1-8-6-9(2-4-11(8)15)14-16-12-5-3-10(17(18)19)7-13(12)20-14;1-2/h2-7H,15H2,1H3;1-2H3.